The number of hydrogen-bond donors (Lipinski definition) is 2. The molecule has 0 aliphatic carbocycles. The average molecular weight is 289 g/mol. The molecule has 1 aliphatic heterocycles. The second kappa shape index (κ2) is 7.72. The Morgan fingerprint density at radius 3 is 2.63 bits per heavy atom. The van der Waals surface area contributed by atoms with Crippen LogP contribution < -0.4 is 10.6 Å². The molecule has 1 atom stereocenters. The number of hydrogen-bond acceptors (Lipinski definition) is 3. The van der Waals surface area contributed by atoms with Crippen LogP contribution >= 0.6 is 0 Å². The maximum atomic E-state index is 11.4. The van der Waals surface area contributed by atoms with Gasteiger partial charge < -0.3 is 10.6 Å². The normalized spacial score (nSPS) is 22.7. The van der Waals surface area contributed by atoms with Crippen molar-refractivity contribution in [2.75, 3.05) is 31.1 Å². The summed E-state index contributed by atoms with van der Waals surface area (Å²) in [5, 5.41) is 6.48. The fraction of sp³-hybridized carbons (Fsp3) is 0.923. The van der Waals surface area contributed by atoms with Crippen molar-refractivity contribution in [3.05, 3.63) is 0 Å². The van der Waals surface area contributed by atoms with Crippen molar-refractivity contribution in [2.24, 2.45) is 16.8 Å². The number of sulfone groups is 1. The molecule has 0 bridgehead atoms. The van der Waals surface area contributed by atoms with Gasteiger partial charge in [0.1, 0.15) is 0 Å². The van der Waals surface area contributed by atoms with Gasteiger partial charge in [-0.25, -0.2) is 8.42 Å². The predicted molar refractivity (Wildman–Crippen MR) is 80.2 cm³/mol. The second-order valence-electron chi connectivity index (χ2n) is 5.60. The Hall–Kier alpha value is -0.780. The summed E-state index contributed by atoms with van der Waals surface area (Å²) in [5.41, 5.74) is 0. The standard InChI is InChI=1S/C13H27N3O2S/c1-4-14-13(15-7-5-11(2)3)16-9-12-6-8-19(17,18)10-12/h11-12H,4-10H2,1-3H3,(H2,14,15,16). The van der Waals surface area contributed by atoms with Gasteiger partial charge in [-0.2, -0.15) is 0 Å². The highest BCUT2D eigenvalue weighted by Crippen LogP contribution is 2.18. The molecular formula is C13H27N3O2S. The van der Waals surface area contributed by atoms with Gasteiger partial charge in [-0.05, 0) is 31.6 Å². The van der Waals surface area contributed by atoms with E-state index in [0.717, 1.165) is 31.9 Å². The van der Waals surface area contributed by atoms with E-state index in [4.69, 9.17) is 0 Å². The summed E-state index contributed by atoms with van der Waals surface area (Å²) in [6.07, 6.45) is 1.85. The average Bonchev–Trinajstić information content (AvgIpc) is 2.65. The first-order valence-corrected chi connectivity index (χ1v) is 8.97. The minimum Gasteiger partial charge on any atom is -0.357 e. The monoisotopic (exact) mass is 289 g/mol. The number of guanidine groups is 1. The van der Waals surface area contributed by atoms with Crippen molar-refractivity contribution >= 4 is 15.8 Å². The highest BCUT2D eigenvalue weighted by atomic mass is 32.2. The number of aliphatic imine (C=N–C) groups is 1. The van der Waals surface area contributed by atoms with E-state index < -0.39 is 9.84 Å². The SMILES string of the molecule is CCNC(=NCC1CCS(=O)(=O)C1)NCCC(C)C. The molecule has 0 spiro atoms. The molecule has 0 saturated carbocycles. The molecule has 1 aliphatic rings. The van der Waals surface area contributed by atoms with Crippen LogP contribution in [0, 0.1) is 11.8 Å². The van der Waals surface area contributed by atoms with Crippen LogP contribution in [-0.2, 0) is 9.84 Å². The van der Waals surface area contributed by atoms with Gasteiger partial charge in [0.15, 0.2) is 15.8 Å². The van der Waals surface area contributed by atoms with E-state index in [1.807, 2.05) is 6.92 Å². The fourth-order valence-electron chi connectivity index (χ4n) is 2.06. The summed E-state index contributed by atoms with van der Waals surface area (Å²) in [4.78, 5) is 4.49. The van der Waals surface area contributed by atoms with Crippen LogP contribution in [0.2, 0.25) is 0 Å². The smallest absolute Gasteiger partial charge is 0.191 e. The van der Waals surface area contributed by atoms with E-state index >= 15 is 0 Å². The van der Waals surface area contributed by atoms with Gasteiger partial charge in [0.25, 0.3) is 0 Å². The summed E-state index contributed by atoms with van der Waals surface area (Å²) in [5.74, 6) is 2.26. The third-order valence-corrected chi connectivity index (χ3v) is 5.03. The van der Waals surface area contributed by atoms with Crippen molar-refractivity contribution < 1.29 is 8.42 Å². The first kappa shape index (κ1) is 16.3. The lowest BCUT2D eigenvalue weighted by atomic mass is 10.1. The molecule has 5 nitrogen and oxygen atoms in total. The van der Waals surface area contributed by atoms with Crippen LogP contribution in [0.25, 0.3) is 0 Å². The van der Waals surface area contributed by atoms with Gasteiger partial charge in [-0.1, -0.05) is 13.8 Å². The van der Waals surface area contributed by atoms with Crippen LogP contribution in [0.5, 0.6) is 0 Å². The maximum Gasteiger partial charge on any atom is 0.191 e. The van der Waals surface area contributed by atoms with Gasteiger partial charge in [-0.15, -0.1) is 0 Å². The molecule has 1 rings (SSSR count). The lowest BCUT2D eigenvalue weighted by Crippen LogP contribution is -2.38. The number of rotatable bonds is 6. The van der Waals surface area contributed by atoms with Crippen LogP contribution in [-0.4, -0.2) is 45.5 Å². The Kier molecular flexibility index (Phi) is 6.62. The third kappa shape index (κ3) is 6.80. The summed E-state index contributed by atoms with van der Waals surface area (Å²) in [6.45, 7) is 8.71. The van der Waals surface area contributed by atoms with Crippen molar-refractivity contribution in [1.29, 1.82) is 0 Å². The topological polar surface area (TPSA) is 70.6 Å². The van der Waals surface area contributed by atoms with E-state index in [9.17, 15) is 8.42 Å². The molecule has 112 valence electrons. The number of nitrogens with zero attached hydrogens (tertiary/aromatic N) is 1. The highest BCUT2D eigenvalue weighted by molar-refractivity contribution is 7.91. The largest absolute Gasteiger partial charge is 0.357 e. The lowest BCUT2D eigenvalue weighted by Gasteiger charge is -2.13. The molecule has 0 amide bonds. The molecule has 1 fully saturated rings. The first-order valence-electron chi connectivity index (χ1n) is 7.15. The van der Waals surface area contributed by atoms with Gasteiger partial charge in [0.05, 0.1) is 11.5 Å². The first-order chi connectivity index (χ1) is 8.93. The molecule has 1 unspecified atom stereocenters. The molecule has 0 radical (unpaired) electrons. The Balaban J connectivity index is 2.40. The molecular weight excluding hydrogens is 262 g/mol. The molecule has 1 saturated heterocycles. The van der Waals surface area contributed by atoms with Crippen molar-refractivity contribution in [2.45, 2.75) is 33.6 Å². The van der Waals surface area contributed by atoms with E-state index in [-0.39, 0.29) is 5.92 Å². The minimum absolute atomic E-state index is 0.186. The van der Waals surface area contributed by atoms with Gasteiger partial charge in [-0.3, -0.25) is 4.99 Å². The van der Waals surface area contributed by atoms with E-state index in [2.05, 4.69) is 29.5 Å². The zero-order valence-corrected chi connectivity index (χ0v) is 13.1. The van der Waals surface area contributed by atoms with Gasteiger partial charge >= 0.3 is 0 Å². The maximum absolute atomic E-state index is 11.4. The summed E-state index contributed by atoms with van der Waals surface area (Å²) in [7, 11) is -2.79. The van der Waals surface area contributed by atoms with Crippen LogP contribution in [0.3, 0.4) is 0 Å². The molecule has 6 heteroatoms. The van der Waals surface area contributed by atoms with E-state index in [0.29, 0.717) is 24.0 Å². The third-order valence-electron chi connectivity index (χ3n) is 3.19. The molecule has 0 aromatic heterocycles. The predicted octanol–water partition coefficient (Wildman–Crippen LogP) is 1.02. The van der Waals surface area contributed by atoms with E-state index in [1.54, 1.807) is 0 Å². The molecule has 19 heavy (non-hydrogen) atoms. The van der Waals surface area contributed by atoms with E-state index in [1.165, 1.54) is 0 Å². The van der Waals surface area contributed by atoms with Crippen molar-refractivity contribution in [3.63, 3.8) is 0 Å². The van der Waals surface area contributed by atoms with Gasteiger partial charge in [0, 0.05) is 19.6 Å². The van der Waals surface area contributed by atoms with Crippen molar-refractivity contribution in [3.8, 4) is 0 Å². The Bertz CT molecular complexity index is 391. The number of nitrogens with one attached hydrogen (secondary N) is 2. The van der Waals surface area contributed by atoms with Crippen LogP contribution in [0.15, 0.2) is 4.99 Å². The molecule has 0 aromatic rings. The zero-order valence-electron chi connectivity index (χ0n) is 12.3. The van der Waals surface area contributed by atoms with Crippen LogP contribution in [0.1, 0.15) is 33.6 Å². The zero-order chi connectivity index (χ0) is 14.3. The molecule has 0 aromatic carbocycles. The Morgan fingerprint density at radius 1 is 1.37 bits per heavy atom. The quantitative estimate of drug-likeness (QED) is 0.566. The van der Waals surface area contributed by atoms with Crippen molar-refractivity contribution in [1.82, 2.24) is 10.6 Å². The lowest BCUT2D eigenvalue weighted by molar-refractivity contribution is 0.568. The second-order valence-corrected chi connectivity index (χ2v) is 7.83. The Labute approximate surface area is 117 Å². The summed E-state index contributed by atoms with van der Waals surface area (Å²) in [6, 6.07) is 0. The van der Waals surface area contributed by atoms with Crippen LogP contribution in [0.4, 0.5) is 0 Å². The minimum atomic E-state index is -2.79. The fourth-order valence-corrected chi connectivity index (χ4v) is 3.91. The summed E-state index contributed by atoms with van der Waals surface area (Å²) >= 11 is 0. The molecule has 2 N–H and O–H groups in total. The summed E-state index contributed by atoms with van der Waals surface area (Å²) < 4.78 is 22.8. The molecule has 1 heterocycles. The Morgan fingerprint density at radius 2 is 2.11 bits per heavy atom. The van der Waals surface area contributed by atoms with Gasteiger partial charge in [0.2, 0.25) is 0 Å². The highest BCUT2D eigenvalue weighted by Gasteiger charge is 2.27.